The van der Waals surface area contributed by atoms with Gasteiger partial charge in [0.1, 0.15) is 21.5 Å². The molecule has 0 aliphatic rings. The predicted octanol–water partition coefficient (Wildman–Crippen LogP) is 0.632. The number of nitrogens with one attached hydrogen (secondary N) is 1. The van der Waals surface area contributed by atoms with Crippen LogP contribution in [-0.2, 0) is 9.84 Å². The highest BCUT2D eigenvalue weighted by Gasteiger charge is 2.13. The molecule has 0 aliphatic heterocycles. The molecular weight excluding hydrogens is 264 g/mol. The minimum atomic E-state index is -3.07. The van der Waals surface area contributed by atoms with Gasteiger partial charge in [0.15, 0.2) is 0 Å². The second kappa shape index (κ2) is 6.21. The van der Waals surface area contributed by atoms with Crippen molar-refractivity contribution in [2.24, 2.45) is 0 Å². The van der Waals surface area contributed by atoms with Crippen LogP contribution in [0, 0.1) is 11.6 Å². The van der Waals surface area contributed by atoms with Gasteiger partial charge in [0.05, 0.1) is 11.9 Å². The molecule has 102 valence electrons. The maximum absolute atomic E-state index is 13.3. The molecule has 1 unspecified atom stereocenters. The minimum Gasteiger partial charge on any atom is -0.387 e. The summed E-state index contributed by atoms with van der Waals surface area (Å²) >= 11 is 0. The summed E-state index contributed by atoms with van der Waals surface area (Å²) in [5.41, 5.74) is -0.0248. The molecule has 0 saturated carbocycles. The lowest BCUT2D eigenvalue weighted by molar-refractivity contribution is 0.171. The lowest BCUT2D eigenvalue weighted by Gasteiger charge is -2.12. The van der Waals surface area contributed by atoms with Gasteiger partial charge in [-0.2, -0.15) is 0 Å². The molecule has 0 spiro atoms. The van der Waals surface area contributed by atoms with Gasteiger partial charge in [0.2, 0.25) is 0 Å². The van der Waals surface area contributed by atoms with Crippen molar-refractivity contribution >= 4 is 9.84 Å². The van der Waals surface area contributed by atoms with Crippen molar-refractivity contribution in [2.75, 3.05) is 25.1 Å². The number of rotatable bonds is 6. The Morgan fingerprint density at radius 1 is 1.39 bits per heavy atom. The molecule has 4 nitrogen and oxygen atoms in total. The molecule has 0 bridgehead atoms. The fourth-order valence-electron chi connectivity index (χ4n) is 1.38. The predicted molar refractivity (Wildman–Crippen MR) is 63.9 cm³/mol. The maximum atomic E-state index is 13.3. The van der Waals surface area contributed by atoms with Crippen molar-refractivity contribution in [3.05, 3.63) is 35.4 Å². The van der Waals surface area contributed by atoms with Crippen molar-refractivity contribution in [1.82, 2.24) is 5.32 Å². The van der Waals surface area contributed by atoms with E-state index in [4.69, 9.17) is 0 Å². The first-order valence-corrected chi connectivity index (χ1v) is 7.37. The number of hydrogen-bond donors (Lipinski definition) is 2. The summed E-state index contributed by atoms with van der Waals surface area (Å²) in [7, 11) is -3.07. The number of hydrogen-bond acceptors (Lipinski definition) is 4. The van der Waals surface area contributed by atoms with Gasteiger partial charge < -0.3 is 10.4 Å². The van der Waals surface area contributed by atoms with Gasteiger partial charge in [-0.15, -0.1) is 0 Å². The standard InChI is InChI=1S/C11H15F2NO3S/c1-18(16,17)5-4-14-7-11(15)9-3-2-8(12)6-10(9)13/h2-3,6,11,14-15H,4-5,7H2,1H3. The first-order chi connectivity index (χ1) is 8.29. The van der Waals surface area contributed by atoms with Crippen LogP contribution in [0.1, 0.15) is 11.7 Å². The van der Waals surface area contributed by atoms with E-state index in [0.29, 0.717) is 6.07 Å². The average Bonchev–Trinajstić information content (AvgIpc) is 2.22. The van der Waals surface area contributed by atoms with Crippen molar-refractivity contribution < 1.29 is 22.3 Å². The largest absolute Gasteiger partial charge is 0.387 e. The van der Waals surface area contributed by atoms with Gasteiger partial charge in [0, 0.05) is 31.0 Å². The Kier molecular flexibility index (Phi) is 5.18. The zero-order valence-electron chi connectivity index (χ0n) is 9.86. The summed E-state index contributed by atoms with van der Waals surface area (Å²) in [4.78, 5) is 0. The second-order valence-electron chi connectivity index (χ2n) is 4.02. The van der Waals surface area contributed by atoms with E-state index in [1.807, 2.05) is 0 Å². The Balaban J connectivity index is 2.48. The van der Waals surface area contributed by atoms with Crippen LogP contribution in [0.25, 0.3) is 0 Å². The smallest absolute Gasteiger partial charge is 0.148 e. The Morgan fingerprint density at radius 3 is 2.61 bits per heavy atom. The zero-order valence-corrected chi connectivity index (χ0v) is 10.7. The zero-order chi connectivity index (χ0) is 13.8. The van der Waals surface area contributed by atoms with E-state index in [0.717, 1.165) is 18.4 Å². The van der Waals surface area contributed by atoms with E-state index in [1.165, 1.54) is 0 Å². The third kappa shape index (κ3) is 5.07. The second-order valence-corrected chi connectivity index (χ2v) is 6.28. The van der Waals surface area contributed by atoms with E-state index in [-0.39, 0.29) is 24.4 Å². The van der Waals surface area contributed by atoms with Crippen LogP contribution in [0.2, 0.25) is 0 Å². The SMILES string of the molecule is CS(=O)(=O)CCNCC(O)c1ccc(F)cc1F. The van der Waals surface area contributed by atoms with E-state index in [2.05, 4.69) is 5.32 Å². The molecule has 0 heterocycles. The quantitative estimate of drug-likeness (QED) is 0.750. The molecule has 2 N–H and O–H groups in total. The topological polar surface area (TPSA) is 66.4 Å². The first kappa shape index (κ1) is 15.0. The Labute approximate surface area is 105 Å². The molecule has 1 aromatic carbocycles. The Hall–Kier alpha value is -1.05. The summed E-state index contributed by atoms with van der Waals surface area (Å²) in [6.07, 6.45) is -0.0461. The molecular formula is C11H15F2NO3S. The summed E-state index contributed by atoms with van der Waals surface area (Å²) in [6, 6.07) is 2.90. The van der Waals surface area contributed by atoms with Crippen LogP contribution >= 0.6 is 0 Å². The Bertz CT molecular complexity index is 505. The van der Waals surface area contributed by atoms with Gasteiger partial charge in [-0.05, 0) is 6.07 Å². The van der Waals surface area contributed by atoms with Crippen LogP contribution in [0.5, 0.6) is 0 Å². The molecule has 0 fully saturated rings. The summed E-state index contributed by atoms with van der Waals surface area (Å²) < 4.78 is 47.6. The number of aliphatic hydroxyl groups excluding tert-OH is 1. The van der Waals surface area contributed by atoms with Gasteiger partial charge in [-0.3, -0.25) is 0 Å². The molecule has 18 heavy (non-hydrogen) atoms. The molecule has 0 saturated heterocycles. The summed E-state index contributed by atoms with van der Waals surface area (Å²) in [5, 5.41) is 12.3. The maximum Gasteiger partial charge on any atom is 0.148 e. The van der Waals surface area contributed by atoms with Crippen molar-refractivity contribution in [3.8, 4) is 0 Å². The van der Waals surface area contributed by atoms with E-state index in [1.54, 1.807) is 0 Å². The van der Waals surface area contributed by atoms with Crippen molar-refractivity contribution in [3.63, 3.8) is 0 Å². The summed E-state index contributed by atoms with van der Waals surface area (Å²) in [5.74, 6) is -1.60. The number of halogens is 2. The molecule has 7 heteroatoms. The van der Waals surface area contributed by atoms with Crippen LogP contribution < -0.4 is 5.32 Å². The normalized spacial score (nSPS) is 13.6. The fourth-order valence-corrected chi connectivity index (χ4v) is 1.89. The average molecular weight is 279 g/mol. The third-order valence-corrected chi connectivity index (χ3v) is 3.25. The molecule has 1 aromatic rings. The molecule has 0 aromatic heterocycles. The monoisotopic (exact) mass is 279 g/mol. The minimum absolute atomic E-state index is 0.00191. The van der Waals surface area contributed by atoms with Gasteiger partial charge in [-0.25, -0.2) is 17.2 Å². The van der Waals surface area contributed by atoms with Crippen LogP contribution in [-0.4, -0.2) is 38.6 Å². The first-order valence-electron chi connectivity index (χ1n) is 5.31. The lowest BCUT2D eigenvalue weighted by Crippen LogP contribution is -2.27. The van der Waals surface area contributed by atoms with E-state index in [9.17, 15) is 22.3 Å². The third-order valence-electron chi connectivity index (χ3n) is 2.31. The highest BCUT2D eigenvalue weighted by molar-refractivity contribution is 7.90. The summed E-state index contributed by atoms with van der Waals surface area (Å²) in [6.45, 7) is 0.163. The number of sulfone groups is 1. The van der Waals surface area contributed by atoms with Crippen molar-refractivity contribution in [2.45, 2.75) is 6.10 Å². The molecule has 1 rings (SSSR count). The van der Waals surface area contributed by atoms with Crippen LogP contribution in [0.4, 0.5) is 8.78 Å². The number of benzene rings is 1. The highest BCUT2D eigenvalue weighted by atomic mass is 32.2. The van der Waals surface area contributed by atoms with E-state index >= 15 is 0 Å². The molecule has 0 aliphatic carbocycles. The number of aliphatic hydroxyl groups is 1. The highest BCUT2D eigenvalue weighted by Crippen LogP contribution is 2.17. The van der Waals surface area contributed by atoms with Gasteiger partial charge in [0.25, 0.3) is 0 Å². The molecule has 1 atom stereocenters. The lowest BCUT2D eigenvalue weighted by atomic mass is 10.1. The molecule has 0 amide bonds. The molecule has 0 radical (unpaired) electrons. The van der Waals surface area contributed by atoms with Crippen LogP contribution in [0.15, 0.2) is 18.2 Å². The fraction of sp³-hybridized carbons (Fsp3) is 0.455. The van der Waals surface area contributed by atoms with Gasteiger partial charge >= 0.3 is 0 Å². The van der Waals surface area contributed by atoms with E-state index < -0.39 is 27.6 Å². The van der Waals surface area contributed by atoms with Crippen molar-refractivity contribution in [1.29, 1.82) is 0 Å². The Morgan fingerprint density at radius 2 is 2.06 bits per heavy atom. The van der Waals surface area contributed by atoms with Gasteiger partial charge in [-0.1, -0.05) is 6.07 Å². The van der Waals surface area contributed by atoms with Crippen LogP contribution in [0.3, 0.4) is 0 Å².